The van der Waals surface area contributed by atoms with E-state index in [4.69, 9.17) is 13.6 Å². The molecule has 29 heavy (non-hydrogen) atoms. The van der Waals surface area contributed by atoms with Crippen molar-refractivity contribution in [2.75, 3.05) is 39.3 Å². The second-order valence-electron chi connectivity index (χ2n) is 6.63. The van der Waals surface area contributed by atoms with E-state index in [0.29, 0.717) is 44.1 Å². The fourth-order valence-corrected chi connectivity index (χ4v) is 3.15. The van der Waals surface area contributed by atoms with Crippen LogP contribution < -0.4 is 0 Å². The lowest BCUT2D eigenvalue weighted by Crippen LogP contribution is -2.51. The molecule has 2 aromatic rings. The molecular formula is C20H25N3O6. The first-order valence-electron chi connectivity index (χ1n) is 9.61. The van der Waals surface area contributed by atoms with Gasteiger partial charge in [0.2, 0.25) is 5.91 Å². The van der Waals surface area contributed by atoms with Crippen molar-refractivity contribution in [3.63, 3.8) is 0 Å². The van der Waals surface area contributed by atoms with E-state index in [2.05, 4.69) is 0 Å². The van der Waals surface area contributed by atoms with E-state index < -0.39 is 0 Å². The summed E-state index contributed by atoms with van der Waals surface area (Å²) in [4.78, 5) is 42.0. The number of hydrogen-bond donors (Lipinski definition) is 0. The number of carbonyl (C=O) groups excluding carboxylic acids is 3. The van der Waals surface area contributed by atoms with Crippen molar-refractivity contribution in [3.05, 3.63) is 48.3 Å². The summed E-state index contributed by atoms with van der Waals surface area (Å²) in [7, 11) is 0. The second-order valence-corrected chi connectivity index (χ2v) is 6.63. The van der Waals surface area contributed by atoms with Crippen molar-refractivity contribution in [1.82, 2.24) is 14.7 Å². The summed E-state index contributed by atoms with van der Waals surface area (Å²) in [6.07, 6.45) is 4.20. The Morgan fingerprint density at radius 1 is 1.10 bits per heavy atom. The number of rotatable bonds is 7. The molecule has 1 aliphatic rings. The lowest BCUT2D eigenvalue weighted by atomic mass is 10.2. The Morgan fingerprint density at radius 2 is 1.86 bits per heavy atom. The number of carbonyl (C=O) groups is 3. The van der Waals surface area contributed by atoms with Gasteiger partial charge in [-0.3, -0.25) is 9.59 Å². The zero-order valence-corrected chi connectivity index (χ0v) is 16.4. The number of nitrogens with zero attached hydrogens (tertiary/aromatic N) is 3. The molecule has 2 aromatic heterocycles. The van der Waals surface area contributed by atoms with Gasteiger partial charge in [-0.1, -0.05) is 0 Å². The normalized spacial score (nSPS) is 14.0. The third kappa shape index (κ3) is 5.40. The Kier molecular flexibility index (Phi) is 6.94. The maximum absolute atomic E-state index is 12.7. The van der Waals surface area contributed by atoms with Crippen molar-refractivity contribution >= 4 is 17.9 Å². The van der Waals surface area contributed by atoms with E-state index in [1.807, 2.05) is 0 Å². The topological polar surface area (TPSA) is 96.4 Å². The van der Waals surface area contributed by atoms with Crippen molar-refractivity contribution in [3.8, 4) is 0 Å². The molecule has 0 N–H and O–H groups in total. The van der Waals surface area contributed by atoms with Gasteiger partial charge in [0.15, 0.2) is 0 Å². The minimum Gasteiger partial charge on any atom is -0.472 e. The van der Waals surface area contributed by atoms with E-state index in [0.717, 1.165) is 0 Å². The number of hydrogen-bond acceptors (Lipinski definition) is 6. The van der Waals surface area contributed by atoms with Crippen LogP contribution in [0.4, 0.5) is 4.79 Å². The molecule has 3 rings (SSSR count). The van der Waals surface area contributed by atoms with Gasteiger partial charge in [0.25, 0.3) is 5.91 Å². The molecule has 0 saturated carbocycles. The van der Waals surface area contributed by atoms with Crippen LogP contribution in [0.5, 0.6) is 0 Å². The number of furan rings is 2. The predicted molar refractivity (Wildman–Crippen MR) is 102 cm³/mol. The van der Waals surface area contributed by atoms with E-state index in [-0.39, 0.29) is 37.4 Å². The van der Waals surface area contributed by atoms with Gasteiger partial charge in [0.1, 0.15) is 12.0 Å². The smallest absolute Gasteiger partial charge is 0.409 e. The van der Waals surface area contributed by atoms with Crippen LogP contribution in [0.2, 0.25) is 0 Å². The summed E-state index contributed by atoms with van der Waals surface area (Å²) in [6.45, 7) is 4.38. The van der Waals surface area contributed by atoms with Gasteiger partial charge in [-0.2, -0.15) is 0 Å². The van der Waals surface area contributed by atoms with E-state index in [9.17, 15) is 14.4 Å². The zero-order valence-electron chi connectivity index (χ0n) is 16.4. The third-order valence-electron chi connectivity index (χ3n) is 4.74. The first-order chi connectivity index (χ1) is 14.1. The van der Waals surface area contributed by atoms with Gasteiger partial charge in [-0.25, -0.2) is 4.79 Å². The van der Waals surface area contributed by atoms with Crippen LogP contribution in [-0.4, -0.2) is 71.9 Å². The Bertz CT molecular complexity index is 794. The van der Waals surface area contributed by atoms with Gasteiger partial charge in [0.05, 0.1) is 31.2 Å². The minimum absolute atomic E-state index is 0.0575. The minimum atomic E-state index is -0.352. The number of ether oxygens (including phenoxy) is 1. The quantitative estimate of drug-likeness (QED) is 0.703. The molecule has 0 atom stereocenters. The maximum atomic E-state index is 12.7. The second kappa shape index (κ2) is 9.81. The van der Waals surface area contributed by atoms with E-state index >= 15 is 0 Å². The highest BCUT2D eigenvalue weighted by atomic mass is 16.6. The predicted octanol–water partition coefficient (Wildman–Crippen LogP) is 2.21. The van der Waals surface area contributed by atoms with Gasteiger partial charge < -0.3 is 28.3 Å². The molecule has 1 fully saturated rings. The summed E-state index contributed by atoms with van der Waals surface area (Å²) in [6, 6.07) is 5.13. The number of amides is 3. The van der Waals surface area contributed by atoms with Gasteiger partial charge >= 0.3 is 6.09 Å². The van der Waals surface area contributed by atoms with Crippen molar-refractivity contribution < 1.29 is 28.0 Å². The average Bonchev–Trinajstić information content (AvgIpc) is 3.45. The Balaban J connectivity index is 1.54. The molecule has 1 saturated heterocycles. The van der Waals surface area contributed by atoms with Crippen molar-refractivity contribution in [1.29, 1.82) is 0 Å². The van der Waals surface area contributed by atoms with Gasteiger partial charge in [0, 0.05) is 39.1 Å². The Labute approximate surface area is 168 Å². The van der Waals surface area contributed by atoms with Crippen LogP contribution in [-0.2, 0) is 16.1 Å². The molecule has 1 aliphatic heterocycles. The van der Waals surface area contributed by atoms with Crippen LogP contribution in [0.3, 0.4) is 0 Å². The summed E-state index contributed by atoms with van der Waals surface area (Å²) < 4.78 is 15.3. The van der Waals surface area contributed by atoms with Crippen molar-refractivity contribution in [2.45, 2.75) is 19.9 Å². The maximum Gasteiger partial charge on any atom is 0.409 e. The van der Waals surface area contributed by atoms with Crippen molar-refractivity contribution in [2.24, 2.45) is 0 Å². The molecule has 0 aliphatic carbocycles. The largest absolute Gasteiger partial charge is 0.472 e. The first-order valence-corrected chi connectivity index (χ1v) is 9.61. The molecule has 0 spiro atoms. The van der Waals surface area contributed by atoms with Crippen LogP contribution in [0.1, 0.15) is 29.5 Å². The van der Waals surface area contributed by atoms with Crippen LogP contribution in [0.25, 0.3) is 0 Å². The lowest BCUT2D eigenvalue weighted by molar-refractivity contribution is -0.133. The molecule has 156 valence electrons. The molecule has 0 unspecified atom stereocenters. The SMILES string of the molecule is CCOC(=O)N1CCN(C(=O)CCN(Cc2ccco2)C(=O)c2ccoc2)CC1. The highest BCUT2D eigenvalue weighted by molar-refractivity contribution is 5.94. The van der Waals surface area contributed by atoms with E-state index in [1.54, 1.807) is 46.1 Å². The number of piperazine rings is 1. The summed E-state index contributed by atoms with van der Waals surface area (Å²) >= 11 is 0. The fourth-order valence-electron chi connectivity index (χ4n) is 3.15. The molecule has 9 nitrogen and oxygen atoms in total. The van der Waals surface area contributed by atoms with Crippen LogP contribution >= 0.6 is 0 Å². The highest BCUT2D eigenvalue weighted by Crippen LogP contribution is 2.13. The molecule has 0 radical (unpaired) electrons. The molecule has 3 heterocycles. The Morgan fingerprint density at radius 3 is 2.48 bits per heavy atom. The van der Waals surface area contributed by atoms with Gasteiger partial charge in [-0.15, -0.1) is 0 Å². The van der Waals surface area contributed by atoms with Gasteiger partial charge in [-0.05, 0) is 25.1 Å². The average molecular weight is 403 g/mol. The molecule has 3 amide bonds. The summed E-state index contributed by atoms with van der Waals surface area (Å²) in [5.41, 5.74) is 0.423. The standard InChI is InChI=1S/C20H25N3O6/c1-2-28-20(26)22-10-8-21(9-11-22)18(24)5-7-23(14-17-4-3-12-29-17)19(25)16-6-13-27-15-16/h3-4,6,12-13,15H,2,5,7-11,14H2,1H3. The zero-order chi connectivity index (χ0) is 20.6. The summed E-state index contributed by atoms with van der Waals surface area (Å²) in [5.74, 6) is 0.352. The monoisotopic (exact) mass is 403 g/mol. The van der Waals surface area contributed by atoms with Crippen LogP contribution in [0, 0.1) is 0 Å². The highest BCUT2D eigenvalue weighted by Gasteiger charge is 2.26. The summed E-state index contributed by atoms with van der Waals surface area (Å²) in [5, 5.41) is 0. The molecule has 9 heteroatoms. The molecular weight excluding hydrogens is 378 g/mol. The molecule has 0 bridgehead atoms. The van der Waals surface area contributed by atoms with Crippen LogP contribution in [0.15, 0.2) is 45.8 Å². The fraction of sp³-hybridized carbons (Fsp3) is 0.450. The molecule has 0 aromatic carbocycles. The Hall–Kier alpha value is -3.23. The lowest BCUT2D eigenvalue weighted by Gasteiger charge is -2.34. The van der Waals surface area contributed by atoms with E-state index in [1.165, 1.54) is 12.5 Å². The first kappa shape index (κ1) is 20.5. The third-order valence-corrected chi connectivity index (χ3v) is 4.74.